The van der Waals surface area contributed by atoms with Crippen LogP contribution in [0.2, 0.25) is 0 Å². The van der Waals surface area contributed by atoms with Gasteiger partial charge in [-0.15, -0.1) is 11.3 Å². The first-order valence-corrected chi connectivity index (χ1v) is 11.5. The Morgan fingerprint density at radius 3 is 2.81 bits per heavy atom. The molecule has 0 amide bonds. The van der Waals surface area contributed by atoms with Crippen molar-refractivity contribution in [3.05, 3.63) is 57.5 Å². The lowest BCUT2D eigenvalue weighted by molar-refractivity contribution is -0.159. The molecule has 166 valence electrons. The molecule has 0 spiro atoms. The molecule has 0 saturated carbocycles. The van der Waals surface area contributed by atoms with E-state index in [0.717, 1.165) is 22.7 Å². The van der Waals surface area contributed by atoms with Crippen LogP contribution in [-0.4, -0.2) is 41.3 Å². The highest BCUT2D eigenvalue weighted by Crippen LogP contribution is 2.37. The molecule has 1 aromatic carbocycles. The Morgan fingerprint density at radius 1 is 1.32 bits per heavy atom. The summed E-state index contributed by atoms with van der Waals surface area (Å²) in [6.07, 6.45) is 1.87. The van der Waals surface area contributed by atoms with Crippen molar-refractivity contribution in [2.75, 3.05) is 19.7 Å². The molecule has 0 bridgehead atoms. The molecule has 0 radical (unpaired) electrons. The summed E-state index contributed by atoms with van der Waals surface area (Å²) in [7, 11) is 0. The molecule has 1 saturated heterocycles. The first-order chi connectivity index (χ1) is 14.7. The first kappa shape index (κ1) is 23.5. The normalized spacial score (nSPS) is 19.5. The van der Waals surface area contributed by atoms with Crippen molar-refractivity contribution in [2.24, 2.45) is 5.41 Å². The Morgan fingerprint density at radius 2 is 2.10 bits per heavy atom. The maximum Gasteiger partial charge on any atom is 0.313 e. The van der Waals surface area contributed by atoms with Crippen LogP contribution in [0, 0.1) is 23.1 Å². The number of ether oxygens (including phenoxy) is 1. The molecule has 3 rings (SSSR count). The number of halogens is 1. The molecule has 4 nitrogen and oxygen atoms in total. The van der Waals surface area contributed by atoms with Gasteiger partial charge in [-0.05, 0) is 70.3 Å². The second-order valence-corrected chi connectivity index (χ2v) is 9.83. The molecular formula is C25H30FNO3S. The molecule has 0 aliphatic carbocycles. The van der Waals surface area contributed by atoms with Gasteiger partial charge in [-0.3, -0.25) is 9.69 Å². The van der Waals surface area contributed by atoms with Crippen LogP contribution < -0.4 is 0 Å². The number of carbonyl (C=O) groups excluding carboxylic acids is 1. The van der Waals surface area contributed by atoms with E-state index >= 15 is 0 Å². The molecule has 31 heavy (non-hydrogen) atoms. The highest BCUT2D eigenvalue weighted by Gasteiger charge is 2.44. The average Bonchev–Trinajstić information content (AvgIpc) is 3.15. The van der Waals surface area contributed by atoms with Crippen LogP contribution in [0.25, 0.3) is 0 Å². The fraction of sp³-hybridized carbons (Fsp3) is 0.480. The smallest absolute Gasteiger partial charge is 0.313 e. The third-order valence-electron chi connectivity index (χ3n) is 5.38. The zero-order valence-corrected chi connectivity index (χ0v) is 19.2. The second-order valence-electron chi connectivity index (χ2n) is 8.66. The molecule has 1 unspecified atom stereocenters. The minimum atomic E-state index is -1.02. The molecule has 1 fully saturated rings. The predicted molar refractivity (Wildman–Crippen MR) is 121 cm³/mol. The third kappa shape index (κ3) is 6.39. The van der Waals surface area contributed by atoms with Crippen molar-refractivity contribution in [3.8, 4) is 11.8 Å². The maximum atomic E-state index is 14.4. The summed E-state index contributed by atoms with van der Waals surface area (Å²) in [4.78, 5) is 17.3. The van der Waals surface area contributed by atoms with E-state index in [0.29, 0.717) is 38.1 Å². The van der Waals surface area contributed by atoms with Crippen molar-refractivity contribution in [3.63, 3.8) is 0 Å². The monoisotopic (exact) mass is 443 g/mol. The molecule has 1 aliphatic rings. The fourth-order valence-corrected chi connectivity index (χ4v) is 4.90. The van der Waals surface area contributed by atoms with Gasteiger partial charge in [0.2, 0.25) is 0 Å². The van der Waals surface area contributed by atoms with Crippen molar-refractivity contribution >= 4 is 17.3 Å². The van der Waals surface area contributed by atoms with Crippen LogP contribution in [-0.2, 0) is 22.5 Å². The molecule has 2 heterocycles. The van der Waals surface area contributed by atoms with E-state index in [4.69, 9.17) is 4.74 Å². The van der Waals surface area contributed by atoms with Gasteiger partial charge in [0.15, 0.2) is 0 Å². The summed E-state index contributed by atoms with van der Waals surface area (Å²) in [5.74, 6) is 5.33. The Kier molecular flexibility index (Phi) is 7.53. The maximum absolute atomic E-state index is 14.4. The van der Waals surface area contributed by atoms with Gasteiger partial charge in [0.1, 0.15) is 11.4 Å². The van der Waals surface area contributed by atoms with E-state index < -0.39 is 11.0 Å². The van der Waals surface area contributed by atoms with E-state index in [9.17, 15) is 14.3 Å². The number of hydrogen-bond donors (Lipinski definition) is 1. The van der Waals surface area contributed by atoms with Crippen LogP contribution >= 0.6 is 11.3 Å². The highest BCUT2D eigenvalue weighted by atomic mass is 32.1. The number of piperidine rings is 1. The van der Waals surface area contributed by atoms with Crippen LogP contribution in [0.15, 0.2) is 36.4 Å². The van der Waals surface area contributed by atoms with E-state index in [1.165, 1.54) is 6.07 Å². The number of benzene rings is 1. The van der Waals surface area contributed by atoms with Gasteiger partial charge >= 0.3 is 5.97 Å². The minimum Gasteiger partial charge on any atom is -0.466 e. The summed E-state index contributed by atoms with van der Waals surface area (Å²) < 4.78 is 19.8. The minimum absolute atomic E-state index is 0.245. The summed E-state index contributed by atoms with van der Waals surface area (Å²) in [6, 6.07) is 10.7. The van der Waals surface area contributed by atoms with Crippen molar-refractivity contribution in [2.45, 2.75) is 52.2 Å². The van der Waals surface area contributed by atoms with Gasteiger partial charge in [-0.1, -0.05) is 30.0 Å². The van der Waals surface area contributed by atoms with Gasteiger partial charge < -0.3 is 9.84 Å². The summed E-state index contributed by atoms with van der Waals surface area (Å²) in [5, 5.41) is 9.79. The Labute approximate surface area is 188 Å². The van der Waals surface area contributed by atoms with Crippen LogP contribution in [0.1, 0.15) is 48.9 Å². The average molecular weight is 444 g/mol. The van der Waals surface area contributed by atoms with E-state index in [2.05, 4.69) is 16.7 Å². The van der Waals surface area contributed by atoms with Crippen molar-refractivity contribution < 1.29 is 19.0 Å². The SMILES string of the molecule is CCOC(=O)C1(Cc2ccccc2F)CCCN(Cc2ccc(C#CC(C)(C)O)s2)C1. The lowest BCUT2D eigenvalue weighted by Crippen LogP contribution is -2.49. The number of thiophene rings is 1. The quantitative estimate of drug-likeness (QED) is 0.531. The Bertz CT molecular complexity index is 969. The number of aliphatic hydroxyl groups is 1. The van der Waals surface area contributed by atoms with Crippen LogP contribution in [0.4, 0.5) is 4.39 Å². The number of likely N-dealkylation sites (tertiary alicyclic amines) is 1. The lowest BCUT2D eigenvalue weighted by Gasteiger charge is -2.41. The molecule has 1 atom stereocenters. The molecule has 1 aromatic heterocycles. The Balaban J connectivity index is 1.77. The molecule has 1 N–H and O–H groups in total. The molecular weight excluding hydrogens is 413 g/mol. The van der Waals surface area contributed by atoms with E-state index in [1.807, 2.05) is 12.1 Å². The van der Waals surface area contributed by atoms with Crippen molar-refractivity contribution in [1.29, 1.82) is 0 Å². The van der Waals surface area contributed by atoms with Gasteiger partial charge in [0.25, 0.3) is 0 Å². The number of esters is 1. The third-order valence-corrected chi connectivity index (χ3v) is 6.37. The van der Waals surface area contributed by atoms with E-state index in [1.54, 1.807) is 50.3 Å². The molecule has 2 aromatic rings. The number of nitrogens with zero attached hydrogens (tertiary/aromatic N) is 1. The summed E-state index contributed by atoms with van der Waals surface area (Å²) in [6.45, 7) is 7.54. The summed E-state index contributed by atoms with van der Waals surface area (Å²) >= 11 is 1.59. The fourth-order valence-electron chi connectivity index (χ4n) is 4.00. The lowest BCUT2D eigenvalue weighted by atomic mass is 9.75. The van der Waals surface area contributed by atoms with Gasteiger partial charge in [-0.25, -0.2) is 4.39 Å². The predicted octanol–water partition coefficient (Wildman–Crippen LogP) is 4.40. The van der Waals surface area contributed by atoms with Crippen molar-refractivity contribution in [1.82, 2.24) is 4.90 Å². The van der Waals surface area contributed by atoms with E-state index in [-0.39, 0.29) is 11.8 Å². The Hall–Kier alpha value is -2.20. The number of rotatable bonds is 6. The highest BCUT2D eigenvalue weighted by molar-refractivity contribution is 7.12. The number of carbonyl (C=O) groups is 1. The van der Waals surface area contributed by atoms with Crippen LogP contribution in [0.5, 0.6) is 0 Å². The first-order valence-electron chi connectivity index (χ1n) is 10.7. The van der Waals surface area contributed by atoms with Crippen LogP contribution in [0.3, 0.4) is 0 Å². The zero-order chi connectivity index (χ0) is 22.5. The standard InChI is InChI=1S/C25H30FNO3S/c1-4-30-23(28)25(16-19-8-5-6-9-22(19)26)13-7-15-27(18-25)17-21-11-10-20(31-21)12-14-24(2,3)29/h5-6,8-11,29H,4,7,13,15-18H2,1-3H3. The molecule has 1 aliphatic heterocycles. The number of hydrogen-bond acceptors (Lipinski definition) is 5. The van der Waals surface area contributed by atoms with Gasteiger partial charge in [-0.2, -0.15) is 0 Å². The van der Waals surface area contributed by atoms with Gasteiger partial charge in [0.05, 0.1) is 16.9 Å². The van der Waals surface area contributed by atoms with Gasteiger partial charge in [0, 0.05) is 18.0 Å². The second kappa shape index (κ2) is 9.95. The zero-order valence-electron chi connectivity index (χ0n) is 18.4. The topological polar surface area (TPSA) is 49.8 Å². The summed E-state index contributed by atoms with van der Waals surface area (Å²) in [5.41, 5.74) is -1.22. The molecule has 6 heteroatoms. The largest absolute Gasteiger partial charge is 0.466 e.